The van der Waals surface area contributed by atoms with Gasteiger partial charge in [0.25, 0.3) is 0 Å². The van der Waals surface area contributed by atoms with E-state index in [0.29, 0.717) is 6.42 Å². The van der Waals surface area contributed by atoms with Crippen LogP contribution >= 0.6 is 0 Å². The summed E-state index contributed by atoms with van der Waals surface area (Å²) in [5, 5.41) is 8.51. The van der Waals surface area contributed by atoms with Crippen molar-refractivity contribution in [3.05, 3.63) is 35.9 Å². The Morgan fingerprint density at radius 3 is 2.57 bits per heavy atom. The van der Waals surface area contributed by atoms with Crippen LogP contribution in [0.25, 0.3) is 0 Å². The maximum absolute atomic E-state index is 11.2. The van der Waals surface area contributed by atoms with Gasteiger partial charge >= 0.3 is 0 Å². The van der Waals surface area contributed by atoms with Crippen molar-refractivity contribution in [2.45, 2.75) is 19.8 Å². The van der Waals surface area contributed by atoms with Crippen molar-refractivity contribution in [1.29, 1.82) is 0 Å². The largest absolute Gasteiger partial charge is 0.289 e. The standard InChI is InChI=1S/C11H15NO2/c1-2-10(11(13)12-14)8-9-6-4-3-5-7-9/h3-7,10,14H,2,8H2,1H3,(H,12,13). The number of amides is 1. The van der Waals surface area contributed by atoms with Gasteiger partial charge in [-0.25, -0.2) is 5.48 Å². The van der Waals surface area contributed by atoms with Gasteiger partial charge in [-0.05, 0) is 18.4 Å². The van der Waals surface area contributed by atoms with Gasteiger partial charge in [-0.3, -0.25) is 10.0 Å². The van der Waals surface area contributed by atoms with E-state index in [0.717, 1.165) is 12.0 Å². The molecule has 0 aliphatic rings. The summed E-state index contributed by atoms with van der Waals surface area (Å²) in [6, 6.07) is 9.79. The lowest BCUT2D eigenvalue weighted by molar-refractivity contribution is -0.133. The first-order valence-corrected chi connectivity index (χ1v) is 4.75. The van der Waals surface area contributed by atoms with Gasteiger partial charge in [-0.2, -0.15) is 0 Å². The van der Waals surface area contributed by atoms with Crippen LogP contribution in [0.3, 0.4) is 0 Å². The van der Waals surface area contributed by atoms with Crippen molar-refractivity contribution in [1.82, 2.24) is 5.48 Å². The van der Waals surface area contributed by atoms with Crippen molar-refractivity contribution >= 4 is 5.91 Å². The Hall–Kier alpha value is -1.35. The second-order valence-electron chi connectivity index (χ2n) is 3.27. The molecule has 1 unspecified atom stereocenters. The first-order valence-electron chi connectivity index (χ1n) is 4.75. The van der Waals surface area contributed by atoms with Crippen molar-refractivity contribution in [3.8, 4) is 0 Å². The number of carbonyl (C=O) groups excluding carboxylic acids is 1. The number of benzene rings is 1. The molecule has 14 heavy (non-hydrogen) atoms. The molecule has 1 amide bonds. The molecule has 0 saturated heterocycles. The van der Waals surface area contributed by atoms with Gasteiger partial charge in [0.1, 0.15) is 0 Å². The fourth-order valence-electron chi connectivity index (χ4n) is 1.41. The van der Waals surface area contributed by atoms with Gasteiger partial charge in [-0.1, -0.05) is 37.3 Å². The van der Waals surface area contributed by atoms with Crippen molar-refractivity contribution in [3.63, 3.8) is 0 Å². The Kier molecular flexibility index (Phi) is 4.13. The van der Waals surface area contributed by atoms with Crippen LogP contribution in [0.1, 0.15) is 18.9 Å². The van der Waals surface area contributed by atoms with Gasteiger partial charge in [0.15, 0.2) is 0 Å². The van der Waals surface area contributed by atoms with E-state index in [2.05, 4.69) is 0 Å². The molecule has 2 N–H and O–H groups in total. The highest BCUT2D eigenvalue weighted by Gasteiger charge is 2.15. The molecule has 0 radical (unpaired) electrons. The Morgan fingerprint density at radius 2 is 2.07 bits per heavy atom. The Bertz CT molecular complexity index is 285. The van der Waals surface area contributed by atoms with E-state index in [9.17, 15) is 4.79 Å². The second-order valence-corrected chi connectivity index (χ2v) is 3.27. The van der Waals surface area contributed by atoms with E-state index in [-0.39, 0.29) is 11.8 Å². The number of carbonyl (C=O) groups is 1. The SMILES string of the molecule is CCC(Cc1ccccc1)C(=O)NO. The first kappa shape index (κ1) is 10.7. The first-order chi connectivity index (χ1) is 6.77. The van der Waals surface area contributed by atoms with Gasteiger partial charge in [-0.15, -0.1) is 0 Å². The van der Waals surface area contributed by atoms with Crippen LogP contribution in [0.5, 0.6) is 0 Å². The minimum Gasteiger partial charge on any atom is -0.289 e. The monoisotopic (exact) mass is 193 g/mol. The van der Waals surface area contributed by atoms with Crippen LogP contribution in [0, 0.1) is 5.92 Å². The summed E-state index contributed by atoms with van der Waals surface area (Å²) in [5.74, 6) is -0.459. The molecule has 0 spiro atoms. The molecule has 0 aromatic heterocycles. The normalized spacial score (nSPS) is 12.1. The molecule has 0 aliphatic carbocycles. The van der Waals surface area contributed by atoms with Crippen LogP contribution < -0.4 is 5.48 Å². The lowest BCUT2D eigenvalue weighted by atomic mass is 9.96. The smallest absolute Gasteiger partial charge is 0.246 e. The fourth-order valence-corrected chi connectivity index (χ4v) is 1.41. The summed E-state index contributed by atoms with van der Waals surface area (Å²) in [5.41, 5.74) is 2.81. The molecule has 1 aromatic rings. The number of hydrogen-bond donors (Lipinski definition) is 2. The zero-order valence-electron chi connectivity index (χ0n) is 8.23. The number of nitrogens with one attached hydrogen (secondary N) is 1. The Balaban J connectivity index is 2.62. The van der Waals surface area contributed by atoms with Crippen LogP contribution in [0.2, 0.25) is 0 Å². The third kappa shape index (κ3) is 2.85. The highest BCUT2D eigenvalue weighted by atomic mass is 16.5. The molecule has 0 heterocycles. The molecule has 1 atom stereocenters. The topological polar surface area (TPSA) is 49.3 Å². The van der Waals surface area contributed by atoms with Crippen LogP contribution in [0.4, 0.5) is 0 Å². The van der Waals surface area contributed by atoms with Gasteiger partial charge in [0.05, 0.1) is 0 Å². The van der Waals surface area contributed by atoms with Crippen LogP contribution in [0.15, 0.2) is 30.3 Å². The molecule has 3 heteroatoms. The Morgan fingerprint density at radius 1 is 1.43 bits per heavy atom. The van der Waals surface area contributed by atoms with Crippen LogP contribution in [-0.2, 0) is 11.2 Å². The quantitative estimate of drug-likeness (QED) is 0.565. The molecule has 3 nitrogen and oxygen atoms in total. The molecule has 1 aromatic carbocycles. The fraction of sp³-hybridized carbons (Fsp3) is 0.364. The molecule has 0 fully saturated rings. The summed E-state index contributed by atoms with van der Waals surface area (Å²) >= 11 is 0. The van der Waals surface area contributed by atoms with Crippen molar-refractivity contribution in [2.75, 3.05) is 0 Å². The van der Waals surface area contributed by atoms with Crippen LogP contribution in [-0.4, -0.2) is 11.1 Å². The summed E-state index contributed by atoms with van der Waals surface area (Å²) < 4.78 is 0. The average molecular weight is 193 g/mol. The predicted octanol–water partition coefficient (Wildman–Crippen LogP) is 1.76. The molecule has 0 bridgehead atoms. The third-order valence-electron chi connectivity index (χ3n) is 2.30. The molecule has 0 saturated carbocycles. The average Bonchev–Trinajstić information content (AvgIpc) is 2.26. The van der Waals surface area contributed by atoms with E-state index in [1.54, 1.807) is 5.48 Å². The highest BCUT2D eigenvalue weighted by molar-refractivity contribution is 5.77. The molecule has 1 rings (SSSR count). The maximum Gasteiger partial charge on any atom is 0.246 e. The molecule has 0 aliphatic heterocycles. The van der Waals surface area contributed by atoms with Gasteiger partial charge < -0.3 is 0 Å². The maximum atomic E-state index is 11.2. The summed E-state index contributed by atoms with van der Waals surface area (Å²) in [4.78, 5) is 11.2. The summed E-state index contributed by atoms with van der Waals surface area (Å²) in [7, 11) is 0. The van der Waals surface area contributed by atoms with E-state index in [1.165, 1.54) is 0 Å². The van der Waals surface area contributed by atoms with Crippen molar-refractivity contribution < 1.29 is 10.0 Å². The summed E-state index contributed by atoms with van der Waals surface area (Å²) in [6.07, 6.45) is 1.39. The van der Waals surface area contributed by atoms with Gasteiger partial charge in [0.2, 0.25) is 5.91 Å². The van der Waals surface area contributed by atoms with E-state index in [4.69, 9.17) is 5.21 Å². The lowest BCUT2D eigenvalue weighted by Gasteiger charge is -2.11. The minimum atomic E-state index is -0.309. The highest BCUT2D eigenvalue weighted by Crippen LogP contribution is 2.11. The summed E-state index contributed by atoms with van der Waals surface area (Å²) in [6.45, 7) is 1.93. The zero-order chi connectivity index (χ0) is 10.4. The van der Waals surface area contributed by atoms with Gasteiger partial charge in [0, 0.05) is 5.92 Å². The number of rotatable bonds is 4. The van der Waals surface area contributed by atoms with E-state index in [1.807, 2.05) is 37.3 Å². The molecular weight excluding hydrogens is 178 g/mol. The molecular formula is C11H15NO2. The van der Waals surface area contributed by atoms with E-state index >= 15 is 0 Å². The Labute approximate surface area is 83.7 Å². The number of hydrogen-bond acceptors (Lipinski definition) is 2. The number of hydroxylamine groups is 1. The lowest BCUT2D eigenvalue weighted by Crippen LogP contribution is -2.28. The molecule has 76 valence electrons. The van der Waals surface area contributed by atoms with E-state index < -0.39 is 0 Å². The third-order valence-corrected chi connectivity index (χ3v) is 2.30. The van der Waals surface area contributed by atoms with Crippen molar-refractivity contribution in [2.24, 2.45) is 5.92 Å². The predicted molar refractivity (Wildman–Crippen MR) is 53.9 cm³/mol. The second kappa shape index (κ2) is 5.40. The zero-order valence-corrected chi connectivity index (χ0v) is 8.23. The minimum absolute atomic E-state index is 0.151.